The van der Waals surface area contributed by atoms with Gasteiger partial charge in [0.15, 0.2) is 11.9 Å². The molecule has 0 radical (unpaired) electrons. The van der Waals surface area contributed by atoms with E-state index in [9.17, 15) is 14.0 Å². The molecule has 1 heterocycles. The van der Waals surface area contributed by atoms with Crippen LogP contribution in [0.1, 0.15) is 0 Å². The third kappa shape index (κ3) is 1.49. The molecule has 1 unspecified atom stereocenters. The summed E-state index contributed by atoms with van der Waals surface area (Å²) >= 11 is 0. The van der Waals surface area contributed by atoms with E-state index in [1.807, 2.05) is 0 Å². The van der Waals surface area contributed by atoms with Crippen molar-refractivity contribution in [3.8, 4) is 0 Å². The Hall–Kier alpha value is -1.52. The van der Waals surface area contributed by atoms with Gasteiger partial charge in [-0.05, 0) is 12.2 Å². The Morgan fingerprint density at radius 2 is 2.36 bits per heavy atom. The summed E-state index contributed by atoms with van der Waals surface area (Å²) in [5.74, 6) is -2.40. The summed E-state index contributed by atoms with van der Waals surface area (Å²) < 4.78 is 12.3. The van der Waals surface area contributed by atoms with Crippen molar-refractivity contribution < 1.29 is 19.1 Å². The molecule has 0 bridgehead atoms. The molecule has 0 aromatic carbocycles. The molecule has 0 fully saturated rings. The number of carboxylic acid groups (broad SMARTS) is 1. The molecule has 1 rings (SSSR count). The third-order valence-corrected chi connectivity index (χ3v) is 1.11. The number of alkyl halides is 1. The average Bonchev–Trinajstić information content (AvgIpc) is 1.94. The summed E-state index contributed by atoms with van der Waals surface area (Å²) in [4.78, 5) is 23.6. The van der Waals surface area contributed by atoms with Crippen molar-refractivity contribution in [2.24, 2.45) is 4.99 Å². The lowest BCUT2D eigenvalue weighted by atomic mass is 10.2. The van der Waals surface area contributed by atoms with Crippen molar-refractivity contribution in [2.75, 3.05) is 0 Å². The molecule has 0 aromatic heterocycles. The zero-order valence-electron chi connectivity index (χ0n) is 5.32. The van der Waals surface area contributed by atoms with Gasteiger partial charge in [0.05, 0.1) is 0 Å². The maximum Gasteiger partial charge on any atom is 0.354 e. The zero-order valence-corrected chi connectivity index (χ0v) is 5.32. The number of carboxylic acids is 1. The summed E-state index contributed by atoms with van der Waals surface area (Å²) in [5, 5.41) is 8.29. The molecular weight excluding hydrogens is 153 g/mol. The first-order chi connectivity index (χ1) is 5.11. The first kappa shape index (κ1) is 7.59. The van der Waals surface area contributed by atoms with Crippen LogP contribution in [0.2, 0.25) is 0 Å². The lowest BCUT2D eigenvalue weighted by molar-refractivity contribution is -0.130. The molecule has 0 spiro atoms. The fourth-order valence-corrected chi connectivity index (χ4v) is 0.595. The quantitative estimate of drug-likeness (QED) is 0.580. The number of carbonyl (C=O) groups excluding carboxylic acids is 1. The van der Waals surface area contributed by atoms with Crippen LogP contribution < -0.4 is 0 Å². The van der Waals surface area contributed by atoms with Gasteiger partial charge in [-0.3, -0.25) is 4.79 Å². The molecule has 1 aliphatic rings. The van der Waals surface area contributed by atoms with Crippen LogP contribution in [-0.2, 0) is 9.59 Å². The Morgan fingerprint density at radius 1 is 1.73 bits per heavy atom. The standard InChI is InChI=1S/C6H4FNO3/c7-3-1-2-4(6(10)11)8-5(3)9/h1-3H,(H,10,11). The Kier molecular flexibility index (Phi) is 1.80. The summed E-state index contributed by atoms with van der Waals surface area (Å²) in [6.07, 6.45) is 0.0331. The SMILES string of the molecule is O=C(O)C1=NC(=O)C(F)C=C1. The number of hydrogen-bond acceptors (Lipinski definition) is 2. The zero-order chi connectivity index (χ0) is 8.43. The van der Waals surface area contributed by atoms with E-state index in [1.54, 1.807) is 0 Å². The van der Waals surface area contributed by atoms with E-state index in [2.05, 4.69) is 4.99 Å². The number of amides is 1. The number of aliphatic imine (C=N–C) groups is 1. The Bertz CT molecular complexity index is 269. The van der Waals surface area contributed by atoms with E-state index >= 15 is 0 Å². The lowest BCUT2D eigenvalue weighted by Crippen LogP contribution is -2.22. The van der Waals surface area contributed by atoms with Gasteiger partial charge < -0.3 is 5.11 Å². The molecule has 4 nitrogen and oxygen atoms in total. The maximum absolute atomic E-state index is 12.3. The molecule has 1 amide bonds. The first-order valence-electron chi connectivity index (χ1n) is 2.79. The van der Waals surface area contributed by atoms with Gasteiger partial charge in [-0.1, -0.05) is 0 Å². The molecular formula is C6H4FNO3. The van der Waals surface area contributed by atoms with Gasteiger partial charge >= 0.3 is 5.97 Å². The van der Waals surface area contributed by atoms with E-state index in [-0.39, 0.29) is 0 Å². The second-order valence-corrected chi connectivity index (χ2v) is 1.90. The Balaban J connectivity index is 2.89. The van der Waals surface area contributed by atoms with Crippen LogP contribution in [0, 0.1) is 0 Å². The topological polar surface area (TPSA) is 66.7 Å². The monoisotopic (exact) mass is 157 g/mol. The number of hydrogen-bond donors (Lipinski definition) is 1. The normalized spacial score (nSPS) is 23.2. The van der Waals surface area contributed by atoms with Crippen molar-refractivity contribution in [3.63, 3.8) is 0 Å². The smallest absolute Gasteiger partial charge is 0.354 e. The summed E-state index contributed by atoms with van der Waals surface area (Å²) in [6.45, 7) is 0. The molecule has 0 aromatic rings. The summed E-state index contributed by atoms with van der Waals surface area (Å²) in [5.41, 5.74) is -0.427. The molecule has 0 saturated carbocycles. The number of dihydropyridines is 1. The van der Waals surface area contributed by atoms with E-state index in [4.69, 9.17) is 5.11 Å². The number of carbonyl (C=O) groups is 2. The van der Waals surface area contributed by atoms with Crippen LogP contribution in [-0.4, -0.2) is 28.9 Å². The van der Waals surface area contributed by atoms with Gasteiger partial charge in [0.2, 0.25) is 0 Å². The van der Waals surface area contributed by atoms with Crippen LogP contribution >= 0.6 is 0 Å². The molecule has 0 saturated heterocycles. The Labute approximate surface area is 61.0 Å². The van der Waals surface area contributed by atoms with Crippen LogP contribution in [0.25, 0.3) is 0 Å². The van der Waals surface area contributed by atoms with Crippen LogP contribution in [0.4, 0.5) is 4.39 Å². The maximum atomic E-state index is 12.3. The number of nitrogens with zero attached hydrogens (tertiary/aromatic N) is 1. The molecule has 1 aliphatic heterocycles. The molecule has 1 atom stereocenters. The molecule has 5 heteroatoms. The summed E-state index contributed by atoms with van der Waals surface area (Å²) in [7, 11) is 0. The van der Waals surface area contributed by atoms with Gasteiger partial charge in [-0.15, -0.1) is 0 Å². The van der Waals surface area contributed by atoms with E-state index in [1.165, 1.54) is 0 Å². The fraction of sp³-hybridized carbons (Fsp3) is 0.167. The van der Waals surface area contributed by atoms with Crippen molar-refractivity contribution in [1.29, 1.82) is 0 Å². The van der Waals surface area contributed by atoms with Gasteiger partial charge in [0.1, 0.15) is 0 Å². The average molecular weight is 157 g/mol. The Morgan fingerprint density at radius 3 is 2.82 bits per heavy atom. The third-order valence-electron chi connectivity index (χ3n) is 1.11. The lowest BCUT2D eigenvalue weighted by Gasteiger charge is -2.02. The highest BCUT2D eigenvalue weighted by molar-refractivity contribution is 6.42. The van der Waals surface area contributed by atoms with Crippen molar-refractivity contribution in [2.45, 2.75) is 6.17 Å². The fourth-order valence-electron chi connectivity index (χ4n) is 0.595. The molecule has 58 valence electrons. The van der Waals surface area contributed by atoms with Crippen molar-refractivity contribution >= 4 is 17.6 Å². The summed E-state index contributed by atoms with van der Waals surface area (Å²) in [6, 6.07) is 0. The highest BCUT2D eigenvalue weighted by Gasteiger charge is 2.20. The second kappa shape index (κ2) is 2.61. The van der Waals surface area contributed by atoms with Crippen molar-refractivity contribution in [1.82, 2.24) is 0 Å². The highest BCUT2D eigenvalue weighted by Crippen LogP contribution is 2.03. The second-order valence-electron chi connectivity index (χ2n) is 1.90. The first-order valence-corrected chi connectivity index (χ1v) is 2.79. The van der Waals surface area contributed by atoms with Gasteiger partial charge in [-0.2, -0.15) is 0 Å². The van der Waals surface area contributed by atoms with Crippen molar-refractivity contribution in [3.05, 3.63) is 12.2 Å². The van der Waals surface area contributed by atoms with Crippen LogP contribution in [0.15, 0.2) is 17.1 Å². The minimum atomic E-state index is -1.79. The predicted octanol–water partition coefficient (Wildman–Crippen LogP) is -0.0535. The van der Waals surface area contributed by atoms with Gasteiger partial charge in [0, 0.05) is 0 Å². The minimum absolute atomic E-state index is 0.427. The van der Waals surface area contributed by atoms with E-state index < -0.39 is 23.8 Å². The highest BCUT2D eigenvalue weighted by atomic mass is 19.1. The van der Waals surface area contributed by atoms with Crippen LogP contribution in [0.3, 0.4) is 0 Å². The number of halogens is 1. The number of aliphatic carboxylic acids is 1. The number of rotatable bonds is 1. The predicted molar refractivity (Wildman–Crippen MR) is 34.1 cm³/mol. The van der Waals surface area contributed by atoms with Crippen LogP contribution in [0.5, 0.6) is 0 Å². The molecule has 0 aliphatic carbocycles. The van der Waals surface area contributed by atoms with Gasteiger partial charge in [-0.25, -0.2) is 14.2 Å². The largest absolute Gasteiger partial charge is 0.477 e. The molecule has 1 N–H and O–H groups in total. The van der Waals surface area contributed by atoms with Gasteiger partial charge in [0.25, 0.3) is 5.91 Å². The minimum Gasteiger partial charge on any atom is -0.477 e. The van der Waals surface area contributed by atoms with E-state index in [0.29, 0.717) is 0 Å². The molecule has 11 heavy (non-hydrogen) atoms. The van der Waals surface area contributed by atoms with E-state index in [0.717, 1.165) is 12.2 Å².